The van der Waals surface area contributed by atoms with Gasteiger partial charge in [-0.1, -0.05) is 6.92 Å². The van der Waals surface area contributed by atoms with Crippen molar-refractivity contribution in [3.05, 3.63) is 30.5 Å². The molecule has 0 aliphatic carbocycles. The quantitative estimate of drug-likeness (QED) is 0.792. The maximum Gasteiger partial charge on any atom is 0.280 e. The maximum atomic E-state index is 11.1. The molecule has 2 heterocycles. The average molecular weight is 303 g/mol. The predicted octanol–water partition coefficient (Wildman–Crippen LogP) is 2.03. The third-order valence-electron chi connectivity index (χ3n) is 2.91. The van der Waals surface area contributed by atoms with Crippen LogP contribution in [0.25, 0.3) is 0 Å². The van der Waals surface area contributed by atoms with E-state index in [1.807, 2.05) is 16.9 Å². The lowest BCUT2D eigenvalue weighted by Crippen LogP contribution is -2.06. The lowest BCUT2D eigenvalue weighted by molar-refractivity contribution is 0.472. The third-order valence-corrected chi connectivity index (χ3v) is 4.09. The van der Waals surface area contributed by atoms with Crippen molar-refractivity contribution in [1.29, 1.82) is 0 Å². The molecule has 1 unspecified atom stereocenters. The van der Waals surface area contributed by atoms with E-state index in [-0.39, 0.29) is 5.03 Å². The van der Waals surface area contributed by atoms with E-state index >= 15 is 0 Å². The summed E-state index contributed by atoms with van der Waals surface area (Å²) in [6.45, 7) is 4.65. The highest BCUT2D eigenvalue weighted by molar-refractivity contribution is 8.13. The van der Waals surface area contributed by atoms with Gasteiger partial charge in [-0.25, -0.2) is 13.4 Å². The normalized spacial score (nSPS) is 13.6. The number of hydrogen-bond donors (Lipinski definition) is 0. The van der Waals surface area contributed by atoms with Gasteiger partial charge in [0, 0.05) is 29.1 Å². The van der Waals surface area contributed by atoms with Gasteiger partial charge in [-0.15, -0.1) is 0 Å². The van der Waals surface area contributed by atoms with Crippen LogP contribution in [0.2, 0.25) is 0 Å². The zero-order valence-corrected chi connectivity index (χ0v) is 12.3. The van der Waals surface area contributed by atoms with E-state index in [0.29, 0.717) is 12.6 Å². The highest BCUT2D eigenvalue weighted by atomic mass is 35.7. The van der Waals surface area contributed by atoms with Crippen LogP contribution < -0.4 is 0 Å². The van der Waals surface area contributed by atoms with Crippen molar-refractivity contribution in [3.63, 3.8) is 0 Å². The van der Waals surface area contributed by atoms with Gasteiger partial charge in [-0.3, -0.25) is 4.68 Å². The van der Waals surface area contributed by atoms with Crippen LogP contribution in [-0.4, -0.2) is 27.7 Å². The molecule has 2 aromatic rings. The summed E-state index contributed by atoms with van der Waals surface area (Å²) in [6.07, 6.45) is 5.74. The molecule has 0 radical (unpaired) electrons. The maximum absolute atomic E-state index is 11.1. The monoisotopic (exact) mass is 302 g/mol. The fraction of sp³-hybridized carbons (Fsp3) is 0.455. The van der Waals surface area contributed by atoms with Crippen LogP contribution in [-0.2, 0) is 15.6 Å². The smallest absolute Gasteiger partial charge is 0.280 e. The van der Waals surface area contributed by atoms with Gasteiger partial charge < -0.3 is 4.57 Å². The Morgan fingerprint density at radius 1 is 1.47 bits per heavy atom. The van der Waals surface area contributed by atoms with Crippen LogP contribution in [0.3, 0.4) is 0 Å². The van der Waals surface area contributed by atoms with Gasteiger partial charge >= 0.3 is 0 Å². The first-order valence-corrected chi connectivity index (χ1v) is 8.21. The van der Waals surface area contributed by atoms with E-state index in [1.54, 1.807) is 4.57 Å². The minimum absolute atomic E-state index is 0.143. The second-order valence-corrected chi connectivity index (χ2v) is 6.88. The second kappa shape index (κ2) is 5.34. The van der Waals surface area contributed by atoms with Crippen molar-refractivity contribution < 1.29 is 8.42 Å². The fourth-order valence-electron chi connectivity index (χ4n) is 1.63. The molecule has 0 aliphatic rings. The zero-order valence-electron chi connectivity index (χ0n) is 10.7. The van der Waals surface area contributed by atoms with Gasteiger partial charge in [0.1, 0.15) is 0 Å². The SMILES string of the molecule is CCC(C)n1ccc(Cn2cnc(S(=O)(=O)Cl)c2)n1. The largest absolute Gasteiger partial charge is 0.330 e. The van der Waals surface area contributed by atoms with Crippen molar-refractivity contribution in [1.82, 2.24) is 19.3 Å². The molecule has 0 spiro atoms. The molecule has 0 saturated carbocycles. The Morgan fingerprint density at radius 2 is 2.21 bits per heavy atom. The Balaban J connectivity index is 2.13. The summed E-state index contributed by atoms with van der Waals surface area (Å²) in [5.74, 6) is 0. The standard InChI is InChI=1S/C11H15ClN4O2S/c1-3-9(2)16-5-4-10(14-16)6-15-7-11(13-8-15)19(12,17)18/h4-5,7-9H,3,6H2,1-2H3. The molecular weight excluding hydrogens is 288 g/mol. The Morgan fingerprint density at radius 3 is 2.79 bits per heavy atom. The highest BCUT2D eigenvalue weighted by Crippen LogP contribution is 2.13. The Labute approximate surface area is 116 Å². The summed E-state index contributed by atoms with van der Waals surface area (Å²) in [5, 5.41) is 4.29. The van der Waals surface area contributed by atoms with Crippen molar-refractivity contribution in [2.45, 2.75) is 37.9 Å². The zero-order chi connectivity index (χ0) is 14.0. The van der Waals surface area contributed by atoms with Crippen LogP contribution in [0.4, 0.5) is 0 Å². The van der Waals surface area contributed by atoms with Gasteiger partial charge in [-0.05, 0) is 19.4 Å². The van der Waals surface area contributed by atoms with Crippen LogP contribution >= 0.6 is 10.7 Å². The molecular formula is C11H15ClN4O2S. The summed E-state index contributed by atoms with van der Waals surface area (Å²) in [4.78, 5) is 3.75. The number of rotatable bonds is 5. The average Bonchev–Trinajstić information content (AvgIpc) is 2.97. The molecule has 0 N–H and O–H groups in total. The van der Waals surface area contributed by atoms with Crippen molar-refractivity contribution in [3.8, 4) is 0 Å². The summed E-state index contributed by atoms with van der Waals surface area (Å²) in [5.41, 5.74) is 0.844. The Kier molecular flexibility index (Phi) is 3.96. The van der Waals surface area contributed by atoms with Crippen LogP contribution in [0, 0.1) is 0 Å². The Hall–Kier alpha value is -1.34. The van der Waals surface area contributed by atoms with E-state index < -0.39 is 9.05 Å². The molecule has 19 heavy (non-hydrogen) atoms. The molecule has 6 nitrogen and oxygen atoms in total. The molecule has 0 amide bonds. The predicted molar refractivity (Wildman–Crippen MR) is 71.6 cm³/mol. The molecule has 0 saturated heterocycles. The summed E-state index contributed by atoms with van der Waals surface area (Å²) in [6, 6.07) is 2.25. The van der Waals surface area contributed by atoms with E-state index in [1.165, 1.54) is 12.5 Å². The van der Waals surface area contributed by atoms with E-state index in [0.717, 1.165) is 12.1 Å². The first-order valence-electron chi connectivity index (χ1n) is 5.90. The molecule has 2 aromatic heterocycles. The first-order chi connectivity index (χ1) is 8.90. The van der Waals surface area contributed by atoms with Crippen LogP contribution in [0.1, 0.15) is 32.0 Å². The molecule has 0 bridgehead atoms. The van der Waals surface area contributed by atoms with Crippen molar-refractivity contribution in [2.24, 2.45) is 0 Å². The minimum Gasteiger partial charge on any atom is -0.330 e. The van der Waals surface area contributed by atoms with Crippen molar-refractivity contribution in [2.75, 3.05) is 0 Å². The van der Waals surface area contributed by atoms with Gasteiger partial charge in [0.15, 0.2) is 5.03 Å². The van der Waals surface area contributed by atoms with Gasteiger partial charge in [0.25, 0.3) is 9.05 Å². The number of nitrogens with zero attached hydrogens (tertiary/aromatic N) is 4. The van der Waals surface area contributed by atoms with Gasteiger partial charge in [0.2, 0.25) is 0 Å². The number of halogens is 1. The van der Waals surface area contributed by atoms with Crippen LogP contribution in [0.15, 0.2) is 29.8 Å². The molecule has 1 atom stereocenters. The molecule has 2 rings (SSSR count). The van der Waals surface area contributed by atoms with E-state index in [2.05, 4.69) is 23.9 Å². The lowest BCUT2D eigenvalue weighted by Gasteiger charge is -2.08. The Bertz CT molecular complexity index is 662. The third kappa shape index (κ3) is 3.36. The molecule has 104 valence electrons. The number of hydrogen-bond acceptors (Lipinski definition) is 4. The molecule has 0 fully saturated rings. The van der Waals surface area contributed by atoms with Crippen LogP contribution in [0.5, 0.6) is 0 Å². The summed E-state index contributed by atoms with van der Waals surface area (Å²) < 4.78 is 25.7. The van der Waals surface area contributed by atoms with Gasteiger partial charge in [0.05, 0.1) is 18.6 Å². The second-order valence-electron chi connectivity index (χ2n) is 4.37. The van der Waals surface area contributed by atoms with E-state index in [4.69, 9.17) is 10.7 Å². The highest BCUT2D eigenvalue weighted by Gasteiger charge is 2.14. The molecule has 8 heteroatoms. The summed E-state index contributed by atoms with van der Waals surface area (Å²) in [7, 11) is 1.44. The lowest BCUT2D eigenvalue weighted by atomic mass is 10.3. The topological polar surface area (TPSA) is 69.8 Å². The van der Waals surface area contributed by atoms with Crippen molar-refractivity contribution >= 4 is 19.7 Å². The molecule has 0 aromatic carbocycles. The van der Waals surface area contributed by atoms with Gasteiger partial charge in [-0.2, -0.15) is 5.10 Å². The summed E-state index contributed by atoms with van der Waals surface area (Å²) >= 11 is 0. The minimum atomic E-state index is -3.77. The first kappa shape index (κ1) is 14.1. The number of imidazole rings is 1. The fourth-order valence-corrected chi connectivity index (χ4v) is 2.31. The molecule has 0 aliphatic heterocycles. The van der Waals surface area contributed by atoms with E-state index in [9.17, 15) is 8.42 Å². The number of aromatic nitrogens is 4.